The summed E-state index contributed by atoms with van der Waals surface area (Å²) in [5, 5.41) is 23.0. The van der Waals surface area contributed by atoms with Crippen LogP contribution in [0.25, 0.3) is 10.8 Å². The number of nitrogens with zero attached hydrogens (tertiary/aromatic N) is 3. The summed E-state index contributed by atoms with van der Waals surface area (Å²) >= 11 is 0. The Bertz CT molecular complexity index is 2080. The summed E-state index contributed by atoms with van der Waals surface area (Å²) < 4.78 is 34.3. The van der Waals surface area contributed by atoms with Crippen molar-refractivity contribution in [1.29, 1.82) is 0 Å². The molecule has 0 aliphatic rings. The first-order valence-corrected chi connectivity index (χ1v) is 14.3. The number of non-ortho nitro benzene ring substituents is 2. The zero-order valence-electron chi connectivity index (χ0n) is 22.8. The number of esters is 1. The van der Waals surface area contributed by atoms with Gasteiger partial charge in [-0.2, -0.15) is 4.31 Å². The van der Waals surface area contributed by atoms with Gasteiger partial charge in [0.05, 0.1) is 26.0 Å². The van der Waals surface area contributed by atoms with Gasteiger partial charge in [0, 0.05) is 40.6 Å². The average molecular weight is 612 g/mol. The molecule has 1 amide bonds. The van der Waals surface area contributed by atoms with E-state index < -0.39 is 37.4 Å². The highest BCUT2D eigenvalue weighted by Crippen LogP contribution is 2.38. The molecule has 0 saturated carbocycles. The number of anilines is 1. The largest absolute Gasteiger partial charge is 0.422 e. The summed E-state index contributed by atoms with van der Waals surface area (Å²) in [5.74, 6) is -1.96. The van der Waals surface area contributed by atoms with Crippen molar-refractivity contribution < 1.29 is 32.6 Å². The van der Waals surface area contributed by atoms with E-state index in [2.05, 4.69) is 0 Å². The summed E-state index contributed by atoms with van der Waals surface area (Å²) in [7, 11) is -4.59. The van der Waals surface area contributed by atoms with Gasteiger partial charge in [-0.1, -0.05) is 54.1 Å². The third kappa shape index (κ3) is 5.71. The smallest absolute Gasteiger partial charge is 0.343 e. The van der Waals surface area contributed by atoms with Crippen molar-refractivity contribution in [1.82, 2.24) is 0 Å². The third-order valence-electron chi connectivity index (χ3n) is 6.62. The maximum absolute atomic E-state index is 14.1. The molecule has 0 bridgehead atoms. The highest BCUT2D eigenvalue weighted by atomic mass is 32.2. The highest BCUT2D eigenvalue weighted by molar-refractivity contribution is 7.93. The van der Waals surface area contributed by atoms with Gasteiger partial charge in [0.2, 0.25) is 0 Å². The molecule has 0 aliphatic carbocycles. The minimum atomic E-state index is -4.59. The number of aryl methyl sites for hydroxylation is 1. The molecule has 0 atom stereocenters. The van der Waals surface area contributed by atoms with Gasteiger partial charge in [0.15, 0.2) is 0 Å². The molecule has 0 aliphatic heterocycles. The fourth-order valence-electron chi connectivity index (χ4n) is 4.46. The molecule has 0 aromatic heterocycles. The van der Waals surface area contributed by atoms with Crippen molar-refractivity contribution in [3.8, 4) is 5.75 Å². The molecule has 0 fully saturated rings. The van der Waals surface area contributed by atoms with Crippen LogP contribution in [0, 0.1) is 27.2 Å². The van der Waals surface area contributed by atoms with Crippen LogP contribution < -0.4 is 9.04 Å². The Kier molecular flexibility index (Phi) is 7.88. The van der Waals surface area contributed by atoms with Crippen molar-refractivity contribution in [2.24, 2.45) is 0 Å². The number of fused-ring (bicyclic) bond motifs is 1. The minimum absolute atomic E-state index is 0.00339. The maximum atomic E-state index is 14.1. The zero-order valence-corrected chi connectivity index (χ0v) is 23.6. The number of sulfonamides is 1. The first kappa shape index (κ1) is 29.5. The molecule has 44 heavy (non-hydrogen) atoms. The van der Waals surface area contributed by atoms with Gasteiger partial charge in [0.25, 0.3) is 27.3 Å². The van der Waals surface area contributed by atoms with E-state index >= 15 is 0 Å². The molecule has 0 saturated heterocycles. The number of amides is 1. The Balaban J connectivity index is 1.66. The minimum Gasteiger partial charge on any atom is -0.422 e. The molecule has 12 nitrogen and oxygen atoms in total. The van der Waals surface area contributed by atoms with Gasteiger partial charge < -0.3 is 4.74 Å². The lowest BCUT2D eigenvalue weighted by Gasteiger charge is -2.25. The number of benzene rings is 5. The molecular formula is C31H21N3O9S. The van der Waals surface area contributed by atoms with Crippen LogP contribution in [0.2, 0.25) is 0 Å². The molecule has 0 unspecified atom stereocenters. The Labute approximate surface area is 250 Å². The van der Waals surface area contributed by atoms with E-state index in [1.165, 1.54) is 66.7 Å². The van der Waals surface area contributed by atoms with Crippen molar-refractivity contribution in [3.63, 3.8) is 0 Å². The molecule has 5 rings (SSSR count). The molecule has 5 aromatic carbocycles. The monoisotopic (exact) mass is 611 g/mol. The summed E-state index contributed by atoms with van der Waals surface area (Å²) in [5.41, 5.74) is -0.376. The molecule has 13 heteroatoms. The number of nitro benzene ring substituents is 2. The predicted molar refractivity (Wildman–Crippen MR) is 160 cm³/mol. The van der Waals surface area contributed by atoms with Crippen LogP contribution in [0.15, 0.2) is 114 Å². The van der Waals surface area contributed by atoms with Gasteiger partial charge in [-0.05, 0) is 43.3 Å². The summed E-state index contributed by atoms with van der Waals surface area (Å²) in [4.78, 5) is 47.9. The van der Waals surface area contributed by atoms with E-state index in [9.17, 15) is 38.2 Å². The van der Waals surface area contributed by atoms with Crippen LogP contribution in [0.5, 0.6) is 5.75 Å². The quantitative estimate of drug-likeness (QED) is 0.0856. The number of carbonyl (C=O) groups excluding carboxylic acids is 2. The fraction of sp³-hybridized carbons (Fsp3) is 0.0323. The second kappa shape index (κ2) is 11.7. The molecule has 0 N–H and O–H groups in total. The molecule has 220 valence electrons. The van der Waals surface area contributed by atoms with Gasteiger partial charge in [0.1, 0.15) is 5.75 Å². The number of rotatable bonds is 8. The number of hydrogen-bond acceptors (Lipinski definition) is 9. The van der Waals surface area contributed by atoms with Crippen LogP contribution >= 0.6 is 0 Å². The van der Waals surface area contributed by atoms with E-state index in [4.69, 9.17) is 4.74 Å². The van der Waals surface area contributed by atoms with E-state index in [-0.39, 0.29) is 43.9 Å². The lowest BCUT2D eigenvalue weighted by Crippen LogP contribution is -2.37. The predicted octanol–water partition coefficient (Wildman–Crippen LogP) is 6.22. The normalized spacial score (nSPS) is 11.1. The standard InChI is InChI=1S/C31H21N3O9S/c1-20-12-14-25(15-13-20)44(41,42)32(30(35)21-6-4-8-23(18-21)33(37)38)28-16-17-29(27-11-3-2-10-26(27)28)43-31(36)22-7-5-9-24(19-22)34(39)40/h2-19H,1H3. The van der Waals surface area contributed by atoms with E-state index in [1.807, 2.05) is 0 Å². The fourth-order valence-corrected chi connectivity index (χ4v) is 5.89. The van der Waals surface area contributed by atoms with Crippen LogP contribution in [0.1, 0.15) is 26.3 Å². The molecule has 5 aromatic rings. The van der Waals surface area contributed by atoms with Crippen molar-refractivity contribution in [2.75, 3.05) is 4.31 Å². The van der Waals surface area contributed by atoms with Crippen molar-refractivity contribution >= 4 is 49.7 Å². The summed E-state index contributed by atoms with van der Waals surface area (Å²) in [6.45, 7) is 1.77. The number of carbonyl (C=O) groups is 2. The van der Waals surface area contributed by atoms with Gasteiger partial charge in [-0.25, -0.2) is 13.2 Å². The van der Waals surface area contributed by atoms with Crippen LogP contribution in [0.3, 0.4) is 0 Å². The lowest BCUT2D eigenvalue weighted by atomic mass is 10.1. The number of ether oxygens (including phenoxy) is 1. The third-order valence-corrected chi connectivity index (χ3v) is 8.33. The Morgan fingerprint density at radius 3 is 1.89 bits per heavy atom. The van der Waals surface area contributed by atoms with Crippen LogP contribution in [-0.2, 0) is 10.0 Å². The second-order valence-corrected chi connectivity index (χ2v) is 11.3. The zero-order chi connectivity index (χ0) is 31.6. The SMILES string of the molecule is Cc1ccc(S(=O)(=O)N(C(=O)c2cccc([N+](=O)[O-])c2)c2ccc(OC(=O)c3cccc([N+](=O)[O-])c3)c3ccccc23)cc1. The van der Waals surface area contributed by atoms with Gasteiger partial charge >= 0.3 is 5.97 Å². The first-order valence-electron chi connectivity index (χ1n) is 12.9. The molecule has 0 spiro atoms. The average Bonchev–Trinajstić information content (AvgIpc) is 3.02. The van der Waals surface area contributed by atoms with Gasteiger partial charge in [-0.3, -0.25) is 25.0 Å². The second-order valence-electron chi connectivity index (χ2n) is 9.52. The topological polar surface area (TPSA) is 167 Å². The molecular weight excluding hydrogens is 590 g/mol. The Morgan fingerprint density at radius 2 is 1.27 bits per heavy atom. The Hall–Kier alpha value is -5.95. The van der Waals surface area contributed by atoms with E-state index in [1.54, 1.807) is 37.3 Å². The summed E-state index contributed by atoms with van der Waals surface area (Å²) in [6.07, 6.45) is 0. The van der Waals surface area contributed by atoms with E-state index in [0.29, 0.717) is 4.31 Å². The summed E-state index contributed by atoms with van der Waals surface area (Å²) in [6, 6.07) is 24.3. The van der Waals surface area contributed by atoms with Crippen LogP contribution in [0.4, 0.5) is 17.1 Å². The first-order chi connectivity index (χ1) is 21.0. The lowest BCUT2D eigenvalue weighted by molar-refractivity contribution is -0.385. The van der Waals surface area contributed by atoms with Crippen LogP contribution in [-0.4, -0.2) is 30.1 Å². The maximum Gasteiger partial charge on any atom is 0.343 e. The number of hydrogen-bond donors (Lipinski definition) is 0. The molecule has 0 radical (unpaired) electrons. The van der Waals surface area contributed by atoms with Crippen molar-refractivity contribution in [3.05, 3.63) is 146 Å². The van der Waals surface area contributed by atoms with E-state index in [0.717, 1.165) is 17.7 Å². The highest BCUT2D eigenvalue weighted by Gasteiger charge is 2.34. The Morgan fingerprint density at radius 1 is 0.705 bits per heavy atom. The number of nitro groups is 2. The molecule has 0 heterocycles. The van der Waals surface area contributed by atoms with Crippen molar-refractivity contribution in [2.45, 2.75) is 11.8 Å². The van der Waals surface area contributed by atoms with Gasteiger partial charge in [-0.15, -0.1) is 0 Å².